The highest BCUT2D eigenvalue weighted by molar-refractivity contribution is 9.10. The van der Waals surface area contributed by atoms with Gasteiger partial charge in [-0.3, -0.25) is 4.79 Å². The Balaban J connectivity index is 2.43. The fourth-order valence-electron chi connectivity index (χ4n) is 1.75. The monoisotopic (exact) mass is 319 g/mol. The lowest BCUT2D eigenvalue weighted by Gasteiger charge is -2.10. The Labute approximate surface area is 118 Å². The van der Waals surface area contributed by atoms with Crippen molar-refractivity contribution >= 4 is 33.0 Å². The Morgan fingerprint density at radius 3 is 2.67 bits per heavy atom. The molecule has 2 nitrogen and oxygen atoms in total. The number of nitriles is 1. The molecule has 1 atom stereocenters. The predicted molar refractivity (Wildman–Crippen MR) is 75.9 cm³/mol. The molecular weight excluding hydrogens is 310 g/mol. The lowest BCUT2D eigenvalue weighted by Crippen LogP contribution is -2.12. The zero-order valence-corrected chi connectivity index (χ0v) is 12.1. The number of nitrogens with zero attached hydrogens (tertiary/aromatic N) is 1. The van der Waals surface area contributed by atoms with Crippen molar-refractivity contribution in [2.45, 2.75) is 12.8 Å². The van der Waals surface area contributed by atoms with Crippen molar-refractivity contribution in [3.8, 4) is 6.07 Å². The van der Waals surface area contributed by atoms with Crippen molar-refractivity contribution < 1.29 is 4.79 Å². The Kier molecular flexibility index (Phi) is 3.95. The van der Waals surface area contributed by atoms with E-state index in [1.54, 1.807) is 11.4 Å². The first kappa shape index (κ1) is 13.0. The number of benzene rings is 1. The van der Waals surface area contributed by atoms with Crippen LogP contribution in [0.2, 0.25) is 0 Å². The van der Waals surface area contributed by atoms with Gasteiger partial charge in [-0.15, -0.1) is 0 Å². The number of hydrogen-bond donors (Lipinski definition) is 0. The maximum atomic E-state index is 12.4. The maximum absolute atomic E-state index is 12.4. The molecule has 0 fully saturated rings. The SMILES string of the molecule is Cc1cscc1C(=O)C(C#N)c1ccccc1Br. The molecule has 90 valence electrons. The number of carbonyl (C=O) groups excluding carboxylic acids is 1. The van der Waals surface area contributed by atoms with Crippen LogP contribution in [0.3, 0.4) is 0 Å². The zero-order valence-electron chi connectivity index (χ0n) is 9.68. The summed E-state index contributed by atoms with van der Waals surface area (Å²) in [4.78, 5) is 12.4. The lowest BCUT2D eigenvalue weighted by atomic mass is 9.92. The van der Waals surface area contributed by atoms with Crippen molar-refractivity contribution in [1.82, 2.24) is 0 Å². The summed E-state index contributed by atoms with van der Waals surface area (Å²) < 4.78 is 0.790. The van der Waals surface area contributed by atoms with E-state index in [0.717, 1.165) is 15.6 Å². The highest BCUT2D eigenvalue weighted by Gasteiger charge is 2.25. The minimum Gasteiger partial charge on any atom is -0.292 e. The van der Waals surface area contributed by atoms with E-state index in [0.29, 0.717) is 5.56 Å². The average molecular weight is 320 g/mol. The molecule has 0 spiro atoms. The summed E-state index contributed by atoms with van der Waals surface area (Å²) in [6.45, 7) is 1.89. The van der Waals surface area contributed by atoms with Crippen LogP contribution in [0.1, 0.15) is 27.4 Å². The van der Waals surface area contributed by atoms with E-state index in [9.17, 15) is 10.1 Å². The Morgan fingerprint density at radius 1 is 1.39 bits per heavy atom. The molecular formula is C14H10BrNOS. The molecule has 4 heteroatoms. The van der Waals surface area contributed by atoms with E-state index >= 15 is 0 Å². The van der Waals surface area contributed by atoms with Gasteiger partial charge in [-0.25, -0.2) is 0 Å². The highest BCUT2D eigenvalue weighted by Crippen LogP contribution is 2.29. The Hall–Kier alpha value is -1.44. The molecule has 2 aromatic rings. The number of hydrogen-bond acceptors (Lipinski definition) is 3. The number of halogens is 1. The van der Waals surface area contributed by atoms with Gasteiger partial charge in [0, 0.05) is 15.4 Å². The molecule has 1 aromatic heterocycles. The minimum atomic E-state index is -0.756. The van der Waals surface area contributed by atoms with Crippen LogP contribution >= 0.6 is 27.3 Å². The number of ketones is 1. The van der Waals surface area contributed by atoms with Crippen LogP contribution in [0.25, 0.3) is 0 Å². The van der Waals surface area contributed by atoms with Crippen LogP contribution in [0.4, 0.5) is 0 Å². The summed E-state index contributed by atoms with van der Waals surface area (Å²) in [5, 5.41) is 13.0. The summed E-state index contributed by atoms with van der Waals surface area (Å²) in [6.07, 6.45) is 0. The summed E-state index contributed by atoms with van der Waals surface area (Å²) in [5.74, 6) is -0.892. The van der Waals surface area contributed by atoms with Gasteiger partial charge in [0.2, 0.25) is 0 Å². The smallest absolute Gasteiger partial charge is 0.185 e. The molecule has 0 radical (unpaired) electrons. The van der Waals surface area contributed by atoms with Gasteiger partial charge in [0.05, 0.1) is 6.07 Å². The second-order valence-corrected chi connectivity index (χ2v) is 5.51. The number of carbonyl (C=O) groups is 1. The van der Waals surface area contributed by atoms with E-state index in [1.807, 2.05) is 30.5 Å². The van der Waals surface area contributed by atoms with E-state index in [4.69, 9.17) is 0 Å². The number of aryl methyl sites for hydroxylation is 1. The molecule has 0 amide bonds. The summed E-state index contributed by atoms with van der Waals surface area (Å²) >= 11 is 4.87. The molecule has 0 aliphatic rings. The van der Waals surface area contributed by atoms with Crippen LogP contribution in [0, 0.1) is 18.3 Å². The summed E-state index contributed by atoms with van der Waals surface area (Å²) in [5.41, 5.74) is 2.29. The molecule has 2 rings (SSSR count). The van der Waals surface area contributed by atoms with Gasteiger partial charge >= 0.3 is 0 Å². The van der Waals surface area contributed by atoms with Crippen LogP contribution in [0.15, 0.2) is 39.5 Å². The number of rotatable bonds is 3. The molecule has 1 heterocycles. The number of Topliss-reactive ketones (excluding diaryl/α,β-unsaturated/α-hetero) is 1. The highest BCUT2D eigenvalue weighted by atomic mass is 79.9. The van der Waals surface area contributed by atoms with Crippen molar-refractivity contribution in [2.24, 2.45) is 0 Å². The average Bonchev–Trinajstić information content (AvgIpc) is 2.78. The van der Waals surface area contributed by atoms with Gasteiger partial charge in [0.1, 0.15) is 5.92 Å². The van der Waals surface area contributed by atoms with E-state index in [2.05, 4.69) is 22.0 Å². The zero-order chi connectivity index (χ0) is 13.1. The fourth-order valence-corrected chi connectivity index (χ4v) is 3.10. The molecule has 18 heavy (non-hydrogen) atoms. The first-order valence-electron chi connectivity index (χ1n) is 5.36. The first-order chi connectivity index (χ1) is 8.65. The van der Waals surface area contributed by atoms with Gasteiger partial charge in [0.15, 0.2) is 5.78 Å². The second-order valence-electron chi connectivity index (χ2n) is 3.92. The molecule has 1 unspecified atom stereocenters. The Bertz CT molecular complexity index is 627. The molecule has 0 aliphatic carbocycles. The molecule has 0 bridgehead atoms. The van der Waals surface area contributed by atoms with E-state index < -0.39 is 5.92 Å². The standard InChI is InChI=1S/C14H10BrNOS/c1-9-7-18-8-12(9)14(17)11(6-16)10-4-2-3-5-13(10)15/h2-5,7-8,11H,1H3. The molecule has 0 saturated heterocycles. The Morgan fingerprint density at radius 2 is 2.11 bits per heavy atom. The third-order valence-corrected chi connectivity index (χ3v) is 4.31. The normalized spacial score (nSPS) is 11.8. The van der Waals surface area contributed by atoms with Gasteiger partial charge in [-0.1, -0.05) is 34.1 Å². The largest absolute Gasteiger partial charge is 0.292 e. The summed E-state index contributed by atoms with van der Waals surface area (Å²) in [7, 11) is 0. The molecule has 0 aliphatic heterocycles. The van der Waals surface area contributed by atoms with Gasteiger partial charge in [-0.2, -0.15) is 16.6 Å². The lowest BCUT2D eigenvalue weighted by molar-refractivity contribution is 0.0978. The molecule has 0 saturated carbocycles. The van der Waals surface area contributed by atoms with Crippen molar-refractivity contribution in [2.75, 3.05) is 0 Å². The van der Waals surface area contributed by atoms with Crippen molar-refractivity contribution in [3.05, 3.63) is 56.2 Å². The van der Waals surface area contributed by atoms with Crippen LogP contribution in [-0.4, -0.2) is 5.78 Å². The quantitative estimate of drug-likeness (QED) is 0.791. The summed E-state index contributed by atoms with van der Waals surface area (Å²) in [6, 6.07) is 9.44. The van der Waals surface area contributed by atoms with E-state index in [-0.39, 0.29) is 5.78 Å². The predicted octanol–water partition coefficient (Wildman–Crippen LogP) is 4.31. The molecule has 0 N–H and O–H groups in total. The topological polar surface area (TPSA) is 40.9 Å². The fraction of sp³-hybridized carbons (Fsp3) is 0.143. The maximum Gasteiger partial charge on any atom is 0.185 e. The second kappa shape index (κ2) is 5.47. The van der Waals surface area contributed by atoms with Gasteiger partial charge in [0.25, 0.3) is 0 Å². The van der Waals surface area contributed by atoms with Crippen LogP contribution < -0.4 is 0 Å². The first-order valence-corrected chi connectivity index (χ1v) is 7.09. The van der Waals surface area contributed by atoms with E-state index in [1.165, 1.54) is 11.3 Å². The van der Waals surface area contributed by atoms with Gasteiger partial charge in [-0.05, 0) is 29.5 Å². The van der Waals surface area contributed by atoms with Crippen molar-refractivity contribution in [1.29, 1.82) is 5.26 Å². The van der Waals surface area contributed by atoms with Crippen LogP contribution in [0.5, 0.6) is 0 Å². The third kappa shape index (κ3) is 2.38. The van der Waals surface area contributed by atoms with Crippen LogP contribution in [-0.2, 0) is 0 Å². The van der Waals surface area contributed by atoms with Crippen molar-refractivity contribution in [3.63, 3.8) is 0 Å². The minimum absolute atomic E-state index is 0.136. The number of thiophene rings is 1. The third-order valence-electron chi connectivity index (χ3n) is 2.73. The van der Waals surface area contributed by atoms with Gasteiger partial charge < -0.3 is 0 Å². The molecule has 1 aromatic carbocycles.